The summed E-state index contributed by atoms with van der Waals surface area (Å²) in [6.45, 7) is 6.64. The SMILES string of the molecule is CC(C)(C)c1cc(CC(=O)Nc2ccc(-n3nc(-c4ccc(OC[N+](C)(C)C)cc4)c4c(N)ncnc43)cc2)no1.[I-]. The number of amides is 1. The Hall–Kier alpha value is -4.04. The normalized spacial score (nSPS) is 11.8. The van der Waals surface area contributed by atoms with Crippen LogP contribution < -0.4 is 39.8 Å². The molecule has 3 aromatic heterocycles. The van der Waals surface area contributed by atoms with Gasteiger partial charge in [-0.1, -0.05) is 25.9 Å². The summed E-state index contributed by atoms with van der Waals surface area (Å²) in [4.78, 5) is 21.3. The summed E-state index contributed by atoms with van der Waals surface area (Å²) in [6.07, 6.45) is 1.54. The van der Waals surface area contributed by atoms with Crippen molar-refractivity contribution in [2.75, 3.05) is 38.9 Å². The van der Waals surface area contributed by atoms with Gasteiger partial charge in [0, 0.05) is 22.7 Å². The quantitative estimate of drug-likeness (QED) is 0.143. The lowest BCUT2D eigenvalue weighted by Gasteiger charge is -2.23. The van der Waals surface area contributed by atoms with Gasteiger partial charge in [-0.25, -0.2) is 14.6 Å². The van der Waals surface area contributed by atoms with Crippen LogP contribution in [0.1, 0.15) is 32.2 Å². The van der Waals surface area contributed by atoms with Crippen molar-refractivity contribution < 1.29 is 42.5 Å². The number of nitrogens with one attached hydrogen (secondary N) is 1. The molecule has 1 amide bonds. The van der Waals surface area contributed by atoms with E-state index in [0.717, 1.165) is 22.8 Å². The molecule has 3 N–H and O–H groups in total. The summed E-state index contributed by atoms with van der Waals surface area (Å²) in [6, 6.07) is 16.9. The van der Waals surface area contributed by atoms with Crippen LogP contribution in [0.15, 0.2) is 65.4 Å². The van der Waals surface area contributed by atoms with Crippen molar-refractivity contribution in [3.8, 4) is 22.7 Å². The molecular weight excluding hydrogens is 647 g/mol. The number of quaternary nitrogens is 1. The molecule has 0 fully saturated rings. The molecule has 5 rings (SSSR count). The number of rotatable bonds is 8. The van der Waals surface area contributed by atoms with Crippen molar-refractivity contribution in [2.24, 2.45) is 0 Å². The highest BCUT2D eigenvalue weighted by Gasteiger charge is 2.21. The molecule has 0 unspecified atom stereocenters. The Morgan fingerprint density at radius 2 is 1.74 bits per heavy atom. The standard InChI is InChI=1S/C30H34N8O3.HI/c1-30(2,3)24-15-21(36-41-24)16-25(39)34-20-9-11-22(12-10-20)37-29-26(28(31)32-17-33-29)27(35-37)19-7-13-23(14-8-19)40-18-38(4,5)6;/h7-15,17H,16,18H2,1-6H3,(H2-,31,32,33,34,35,39);1H. The Morgan fingerprint density at radius 3 is 2.36 bits per heavy atom. The molecule has 0 spiro atoms. The van der Waals surface area contributed by atoms with E-state index in [4.69, 9.17) is 20.1 Å². The molecule has 5 aromatic rings. The largest absolute Gasteiger partial charge is 1.00 e. The van der Waals surface area contributed by atoms with E-state index in [-0.39, 0.29) is 41.7 Å². The smallest absolute Gasteiger partial charge is 0.230 e. The van der Waals surface area contributed by atoms with Gasteiger partial charge in [-0.3, -0.25) is 9.28 Å². The van der Waals surface area contributed by atoms with Gasteiger partial charge in [0.25, 0.3) is 0 Å². The van der Waals surface area contributed by atoms with Crippen LogP contribution in [0, 0.1) is 0 Å². The molecule has 220 valence electrons. The molecule has 11 nitrogen and oxygen atoms in total. The predicted molar refractivity (Wildman–Crippen MR) is 158 cm³/mol. The van der Waals surface area contributed by atoms with Gasteiger partial charge in [0.1, 0.15) is 29.3 Å². The lowest BCUT2D eigenvalue weighted by atomic mass is 9.93. The number of hydrogen-bond donors (Lipinski definition) is 2. The average molecular weight is 683 g/mol. The van der Waals surface area contributed by atoms with E-state index < -0.39 is 0 Å². The molecule has 42 heavy (non-hydrogen) atoms. The van der Waals surface area contributed by atoms with E-state index in [1.807, 2.05) is 75.4 Å². The molecule has 0 atom stereocenters. The second kappa shape index (κ2) is 12.1. The van der Waals surface area contributed by atoms with Crippen molar-refractivity contribution >= 4 is 28.4 Å². The van der Waals surface area contributed by atoms with Crippen molar-refractivity contribution in [1.82, 2.24) is 24.9 Å². The zero-order chi connectivity index (χ0) is 29.4. The minimum absolute atomic E-state index is 0. The first kappa shape index (κ1) is 30.9. The molecule has 0 saturated heterocycles. The van der Waals surface area contributed by atoms with Gasteiger partial charge < -0.3 is 44.3 Å². The third-order valence-corrected chi connectivity index (χ3v) is 6.28. The van der Waals surface area contributed by atoms with Gasteiger partial charge >= 0.3 is 0 Å². The minimum Gasteiger partial charge on any atom is -1.00 e. The highest BCUT2D eigenvalue weighted by molar-refractivity contribution is 5.99. The summed E-state index contributed by atoms with van der Waals surface area (Å²) in [5.41, 5.74) is 10.2. The van der Waals surface area contributed by atoms with Gasteiger partial charge in [-0.15, -0.1) is 0 Å². The molecule has 0 aliphatic heterocycles. The minimum atomic E-state index is -0.187. The fourth-order valence-corrected chi connectivity index (χ4v) is 4.14. The number of nitrogen functional groups attached to an aromatic ring is 1. The van der Waals surface area contributed by atoms with Crippen LogP contribution in [-0.4, -0.2) is 63.2 Å². The molecule has 0 aliphatic carbocycles. The van der Waals surface area contributed by atoms with Crippen LogP contribution in [0.3, 0.4) is 0 Å². The summed E-state index contributed by atoms with van der Waals surface area (Å²) < 4.78 is 13.7. The average Bonchev–Trinajstić information content (AvgIpc) is 3.54. The molecule has 3 heterocycles. The number of hydrogen-bond acceptors (Lipinski definition) is 8. The van der Waals surface area contributed by atoms with Crippen LogP contribution in [-0.2, 0) is 16.6 Å². The number of ether oxygens (including phenoxy) is 1. The van der Waals surface area contributed by atoms with Crippen molar-refractivity contribution in [1.29, 1.82) is 0 Å². The van der Waals surface area contributed by atoms with Gasteiger partial charge in [0.15, 0.2) is 5.65 Å². The number of halogens is 1. The van der Waals surface area contributed by atoms with E-state index >= 15 is 0 Å². The molecule has 0 aliphatic rings. The highest BCUT2D eigenvalue weighted by Crippen LogP contribution is 2.33. The zero-order valence-electron chi connectivity index (χ0n) is 24.6. The van der Waals surface area contributed by atoms with E-state index in [9.17, 15) is 4.79 Å². The van der Waals surface area contributed by atoms with Gasteiger partial charge in [-0.05, 0) is 48.5 Å². The van der Waals surface area contributed by atoms with Crippen LogP contribution in [0.4, 0.5) is 11.5 Å². The van der Waals surface area contributed by atoms with Crippen LogP contribution in [0.5, 0.6) is 5.75 Å². The van der Waals surface area contributed by atoms with Crippen molar-refractivity contribution in [2.45, 2.75) is 32.6 Å². The second-order valence-electron chi connectivity index (χ2n) is 12.0. The number of nitrogens with two attached hydrogens (primary N) is 1. The molecular formula is C30H35IN8O3. The van der Waals surface area contributed by atoms with E-state index in [1.54, 1.807) is 4.68 Å². The zero-order valence-corrected chi connectivity index (χ0v) is 26.7. The number of fused-ring (bicyclic) bond motifs is 1. The van der Waals surface area contributed by atoms with Crippen LogP contribution in [0.2, 0.25) is 0 Å². The molecule has 0 saturated carbocycles. The molecule has 2 aromatic carbocycles. The summed E-state index contributed by atoms with van der Waals surface area (Å²) in [5, 5.41) is 12.5. The highest BCUT2D eigenvalue weighted by atomic mass is 127. The fraction of sp³-hybridized carbons (Fsp3) is 0.300. The number of benzene rings is 2. The summed E-state index contributed by atoms with van der Waals surface area (Å²) >= 11 is 0. The summed E-state index contributed by atoms with van der Waals surface area (Å²) in [5.74, 6) is 1.66. The third-order valence-electron chi connectivity index (χ3n) is 6.28. The molecule has 0 radical (unpaired) electrons. The topological polar surface area (TPSA) is 134 Å². The first-order valence-corrected chi connectivity index (χ1v) is 13.3. The van der Waals surface area contributed by atoms with Crippen molar-refractivity contribution in [3.05, 3.63) is 72.4 Å². The van der Waals surface area contributed by atoms with Gasteiger partial charge in [0.05, 0.1) is 44.3 Å². The first-order valence-electron chi connectivity index (χ1n) is 13.3. The van der Waals surface area contributed by atoms with Crippen LogP contribution >= 0.6 is 0 Å². The Kier molecular flexibility index (Phi) is 8.87. The molecule has 0 bridgehead atoms. The fourth-order valence-electron chi connectivity index (χ4n) is 4.14. The number of aromatic nitrogens is 5. The maximum absolute atomic E-state index is 12.6. The number of carbonyl (C=O) groups excluding carboxylic acids is 1. The maximum Gasteiger partial charge on any atom is 0.230 e. The first-order chi connectivity index (χ1) is 19.4. The van der Waals surface area contributed by atoms with E-state index in [1.165, 1.54) is 6.33 Å². The second-order valence-corrected chi connectivity index (χ2v) is 12.0. The Morgan fingerprint density at radius 1 is 1.05 bits per heavy atom. The van der Waals surface area contributed by atoms with Gasteiger partial charge in [-0.2, -0.15) is 5.10 Å². The maximum atomic E-state index is 12.6. The van der Waals surface area contributed by atoms with Crippen molar-refractivity contribution in [3.63, 3.8) is 0 Å². The monoisotopic (exact) mass is 682 g/mol. The van der Waals surface area contributed by atoms with Crippen LogP contribution in [0.25, 0.3) is 28.0 Å². The van der Waals surface area contributed by atoms with Gasteiger partial charge in [0.2, 0.25) is 12.6 Å². The number of carbonyl (C=O) groups is 1. The summed E-state index contributed by atoms with van der Waals surface area (Å²) in [7, 11) is 6.20. The number of anilines is 2. The lowest BCUT2D eigenvalue weighted by molar-refractivity contribution is -0.886. The number of nitrogens with zero attached hydrogens (tertiary/aromatic N) is 6. The Bertz CT molecular complexity index is 1680. The Balaban J connectivity index is 0.00000405. The lowest BCUT2D eigenvalue weighted by Crippen LogP contribution is -3.00. The Labute approximate surface area is 261 Å². The third kappa shape index (κ3) is 7.05. The molecule has 12 heteroatoms. The predicted octanol–water partition coefficient (Wildman–Crippen LogP) is 1.58. The van der Waals surface area contributed by atoms with E-state index in [2.05, 4.69) is 41.6 Å². The van der Waals surface area contributed by atoms with E-state index in [0.29, 0.717) is 45.1 Å².